The SMILES string of the molecule is CCN(C(=O)c1cnc(N2CCc3ccccc32)cn1)c1ccccc1. The van der Waals surface area contributed by atoms with Gasteiger partial charge in [-0.25, -0.2) is 9.97 Å². The maximum atomic E-state index is 12.8. The highest BCUT2D eigenvalue weighted by Crippen LogP contribution is 2.32. The highest BCUT2D eigenvalue weighted by atomic mass is 16.2. The van der Waals surface area contributed by atoms with Gasteiger partial charge in [0.2, 0.25) is 0 Å². The van der Waals surface area contributed by atoms with E-state index in [1.54, 1.807) is 17.3 Å². The van der Waals surface area contributed by atoms with Crippen LogP contribution in [0.5, 0.6) is 0 Å². The Labute approximate surface area is 152 Å². The van der Waals surface area contributed by atoms with Crippen LogP contribution in [0, 0.1) is 0 Å². The molecule has 130 valence electrons. The van der Waals surface area contributed by atoms with Gasteiger partial charge < -0.3 is 9.80 Å². The molecule has 0 atom stereocenters. The van der Waals surface area contributed by atoms with E-state index in [0.717, 1.165) is 24.5 Å². The molecule has 0 saturated heterocycles. The molecule has 0 bridgehead atoms. The smallest absolute Gasteiger partial charge is 0.278 e. The highest BCUT2D eigenvalue weighted by Gasteiger charge is 2.22. The van der Waals surface area contributed by atoms with E-state index >= 15 is 0 Å². The summed E-state index contributed by atoms with van der Waals surface area (Å²) >= 11 is 0. The Bertz CT molecular complexity index is 909. The number of amides is 1. The van der Waals surface area contributed by atoms with Crippen molar-refractivity contribution in [2.75, 3.05) is 22.9 Å². The van der Waals surface area contributed by atoms with Crippen LogP contribution in [-0.4, -0.2) is 29.0 Å². The van der Waals surface area contributed by atoms with Crippen LogP contribution in [0.4, 0.5) is 17.2 Å². The average Bonchev–Trinajstić information content (AvgIpc) is 3.13. The molecule has 1 aliphatic heterocycles. The molecular formula is C21H20N4O. The van der Waals surface area contributed by atoms with Crippen molar-refractivity contribution in [1.82, 2.24) is 9.97 Å². The summed E-state index contributed by atoms with van der Waals surface area (Å²) in [4.78, 5) is 25.6. The van der Waals surface area contributed by atoms with Crippen molar-refractivity contribution < 1.29 is 4.79 Å². The molecule has 5 heteroatoms. The minimum absolute atomic E-state index is 0.139. The average molecular weight is 344 g/mol. The van der Waals surface area contributed by atoms with Gasteiger partial charge in [0.05, 0.1) is 12.4 Å². The van der Waals surface area contributed by atoms with Crippen LogP contribution in [0.25, 0.3) is 0 Å². The van der Waals surface area contributed by atoms with Crippen LogP contribution >= 0.6 is 0 Å². The van der Waals surface area contributed by atoms with Gasteiger partial charge in [0.1, 0.15) is 5.69 Å². The molecule has 0 radical (unpaired) electrons. The van der Waals surface area contributed by atoms with Gasteiger partial charge in [0.15, 0.2) is 5.82 Å². The Hall–Kier alpha value is -3.21. The number of hydrogen-bond acceptors (Lipinski definition) is 4. The van der Waals surface area contributed by atoms with Crippen LogP contribution in [0.1, 0.15) is 23.0 Å². The van der Waals surface area contributed by atoms with Crippen LogP contribution < -0.4 is 9.80 Å². The fourth-order valence-electron chi connectivity index (χ4n) is 3.34. The minimum atomic E-state index is -0.139. The van der Waals surface area contributed by atoms with Crippen LogP contribution in [0.3, 0.4) is 0 Å². The van der Waals surface area contributed by atoms with E-state index in [1.807, 2.05) is 43.3 Å². The molecule has 5 nitrogen and oxygen atoms in total. The number of fused-ring (bicyclic) bond motifs is 1. The third kappa shape index (κ3) is 2.92. The summed E-state index contributed by atoms with van der Waals surface area (Å²) in [5.74, 6) is 0.633. The Balaban J connectivity index is 1.57. The highest BCUT2D eigenvalue weighted by molar-refractivity contribution is 6.04. The normalized spacial score (nSPS) is 12.7. The topological polar surface area (TPSA) is 49.3 Å². The molecule has 2 aromatic carbocycles. The van der Waals surface area contributed by atoms with E-state index in [-0.39, 0.29) is 5.91 Å². The molecule has 0 saturated carbocycles. The van der Waals surface area contributed by atoms with Crippen molar-refractivity contribution in [1.29, 1.82) is 0 Å². The molecule has 1 aliphatic rings. The van der Waals surface area contributed by atoms with E-state index < -0.39 is 0 Å². The summed E-state index contributed by atoms with van der Waals surface area (Å²) in [6.45, 7) is 3.41. The second-order valence-corrected chi connectivity index (χ2v) is 6.18. The molecular weight excluding hydrogens is 324 g/mol. The number of carbonyl (C=O) groups is 1. The van der Waals surface area contributed by atoms with Gasteiger partial charge >= 0.3 is 0 Å². The predicted molar refractivity (Wildman–Crippen MR) is 103 cm³/mol. The number of para-hydroxylation sites is 2. The molecule has 0 spiro atoms. The second-order valence-electron chi connectivity index (χ2n) is 6.18. The lowest BCUT2D eigenvalue weighted by Crippen LogP contribution is -2.31. The molecule has 4 rings (SSSR count). The summed E-state index contributed by atoms with van der Waals surface area (Å²) in [5, 5.41) is 0. The van der Waals surface area contributed by atoms with Gasteiger partial charge in [-0.1, -0.05) is 36.4 Å². The van der Waals surface area contributed by atoms with Crippen molar-refractivity contribution in [3.63, 3.8) is 0 Å². The standard InChI is InChI=1S/C21H20N4O/c1-2-24(17-9-4-3-5-10-17)21(26)18-14-23-20(15-22-18)25-13-12-16-8-6-7-11-19(16)25/h3-11,14-15H,2,12-13H2,1H3. The van der Waals surface area contributed by atoms with Crippen LogP contribution in [-0.2, 0) is 6.42 Å². The Morgan fingerprint density at radius 3 is 2.54 bits per heavy atom. The van der Waals surface area contributed by atoms with E-state index in [1.165, 1.54) is 11.3 Å². The fraction of sp³-hybridized carbons (Fsp3) is 0.190. The van der Waals surface area contributed by atoms with Gasteiger partial charge in [0.25, 0.3) is 5.91 Å². The molecule has 0 aliphatic carbocycles. The number of benzene rings is 2. The summed E-state index contributed by atoms with van der Waals surface area (Å²) < 4.78 is 0. The van der Waals surface area contributed by atoms with E-state index in [4.69, 9.17) is 0 Å². The number of anilines is 3. The van der Waals surface area contributed by atoms with Crippen LogP contribution in [0.2, 0.25) is 0 Å². The van der Waals surface area contributed by atoms with E-state index in [9.17, 15) is 4.79 Å². The first-order valence-electron chi connectivity index (χ1n) is 8.82. The minimum Gasteiger partial charge on any atom is -0.325 e. The molecule has 26 heavy (non-hydrogen) atoms. The summed E-state index contributed by atoms with van der Waals surface area (Å²) in [6.07, 6.45) is 4.26. The number of carbonyl (C=O) groups excluding carboxylic acids is 1. The zero-order valence-electron chi connectivity index (χ0n) is 14.7. The molecule has 3 aromatic rings. The van der Waals surface area contributed by atoms with Gasteiger partial charge in [-0.15, -0.1) is 0 Å². The summed E-state index contributed by atoms with van der Waals surface area (Å²) in [7, 11) is 0. The van der Waals surface area contributed by atoms with Crippen molar-refractivity contribution >= 4 is 23.1 Å². The summed E-state index contributed by atoms with van der Waals surface area (Å²) in [6, 6.07) is 17.9. The van der Waals surface area contributed by atoms with Crippen molar-refractivity contribution in [3.8, 4) is 0 Å². The van der Waals surface area contributed by atoms with Crippen molar-refractivity contribution in [2.24, 2.45) is 0 Å². The predicted octanol–water partition coefficient (Wildman–Crippen LogP) is 3.84. The number of hydrogen-bond donors (Lipinski definition) is 0. The maximum absolute atomic E-state index is 12.8. The second kappa shape index (κ2) is 6.96. The zero-order valence-corrected chi connectivity index (χ0v) is 14.7. The lowest BCUT2D eigenvalue weighted by atomic mass is 10.2. The number of rotatable bonds is 4. The molecule has 1 amide bonds. The van der Waals surface area contributed by atoms with Gasteiger partial charge in [0, 0.05) is 24.5 Å². The van der Waals surface area contributed by atoms with E-state index in [0.29, 0.717) is 12.2 Å². The molecule has 2 heterocycles. The molecule has 0 fully saturated rings. The quantitative estimate of drug-likeness (QED) is 0.721. The molecule has 1 aromatic heterocycles. The fourth-order valence-corrected chi connectivity index (χ4v) is 3.34. The Morgan fingerprint density at radius 1 is 1.04 bits per heavy atom. The van der Waals surface area contributed by atoms with Crippen molar-refractivity contribution in [3.05, 3.63) is 78.2 Å². The Morgan fingerprint density at radius 2 is 1.81 bits per heavy atom. The maximum Gasteiger partial charge on any atom is 0.278 e. The Kier molecular flexibility index (Phi) is 4.35. The molecule has 0 unspecified atom stereocenters. The first-order chi connectivity index (χ1) is 12.8. The summed E-state index contributed by atoms with van der Waals surface area (Å²) in [5.41, 5.74) is 3.70. The lowest BCUT2D eigenvalue weighted by Gasteiger charge is -2.21. The third-order valence-corrected chi connectivity index (χ3v) is 4.65. The number of aromatic nitrogens is 2. The zero-order chi connectivity index (χ0) is 17.9. The third-order valence-electron chi connectivity index (χ3n) is 4.65. The van der Waals surface area contributed by atoms with Gasteiger partial charge in [-0.05, 0) is 37.1 Å². The number of nitrogens with zero attached hydrogens (tertiary/aromatic N) is 4. The molecule has 0 N–H and O–H groups in total. The van der Waals surface area contributed by atoms with Crippen LogP contribution in [0.15, 0.2) is 67.0 Å². The monoisotopic (exact) mass is 344 g/mol. The van der Waals surface area contributed by atoms with Crippen molar-refractivity contribution in [2.45, 2.75) is 13.3 Å². The lowest BCUT2D eigenvalue weighted by molar-refractivity contribution is 0.0983. The van der Waals surface area contributed by atoms with Gasteiger partial charge in [-0.3, -0.25) is 4.79 Å². The van der Waals surface area contributed by atoms with Gasteiger partial charge in [-0.2, -0.15) is 0 Å². The first-order valence-corrected chi connectivity index (χ1v) is 8.82. The largest absolute Gasteiger partial charge is 0.325 e. The van der Waals surface area contributed by atoms with E-state index in [2.05, 4.69) is 33.1 Å². The first kappa shape index (κ1) is 16.3.